The van der Waals surface area contributed by atoms with Crippen molar-refractivity contribution >= 4 is 57.4 Å². The fourth-order valence-corrected chi connectivity index (χ4v) is 5.75. The van der Waals surface area contributed by atoms with Gasteiger partial charge < -0.3 is 45.1 Å². The minimum atomic E-state index is -0.839. The van der Waals surface area contributed by atoms with Crippen LogP contribution in [0.5, 0.6) is 17.2 Å². The lowest BCUT2D eigenvalue weighted by Gasteiger charge is -2.36. The molecule has 1 saturated heterocycles. The molecule has 0 spiro atoms. The van der Waals surface area contributed by atoms with Gasteiger partial charge >= 0.3 is 0 Å². The number of ether oxygens (including phenoxy) is 4. The summed E-state index contributed by atoms with van der Waals surface area (Å²) >= 11 is 6.53. The Labute approximate surface area is 284 Å². The van der Waals surface area contributed by atoms with Crippen LogP contribution in [0.15, 0.2) is 30.6 Å². The lowest BCUT2D eigenvalue weighted by atomic mass is 9.85. The number of hydrogen-bond donors (Lipinski definition) is 4. The molecule has 0 radical (unpaired) electrons. The highest BCUT2D eigenvalue weighted by atomic mass is 35.5. The number of carbonyl (C=O) groups is 3. The molecule has 258 valence electrons. The number of carbonyl (C=O) groups excluding carboxylic acids is 3. The number of hydrogen-bond acceptors (Lipinski definition) is 11. The smallest absolute Gasteiger partial charge is 0.247 e. The van der Waals surface area contributed by atoms with Crippen LogP contribution in [-0.4, -0.2) is 91.4 Å². The van der Waals surface area contributed by atoms with E-state index in [2.05, 4.69) is 31.2 Å². The van der Waals surface area contributed by atoms with Gasteiger partial charge in [0.2, 0.25) is 24.5 Å². The second kappa shape index (κ2) is 14.8. The standard InChI is InChI=1S/C33H42ClN7O7/c1-18(35-5)30(42)40-28(33(2,3)4)32(44)41-11-7-8-23(41)31(43)38-22-14-19-21(15-25(22)46-13-12-45-6)36-16-37-29(19)39-26-20(34)9-10-24-27(26)48-17-47-24/h9-10,14-16,18,23,28,35H,7-8,11-13,17H2,1-6H3,(H,38,43)(H,40,42)(H,36,37,39)/t18-,23?,28+/m0/s1. The third-order valence-electron chi connectivity index (χ3n) is 8.34. The van der Waals surface area contributed by atoms with Gasteiger partial charge in [-0.3, -0.25) is 14.4 Å². The lowest BCUT2D eigenvalue weighted by molar-refractivity contribution is -0.143. The van der Waals surface area contributed by atoms with E-state index in [9.17, 15) is 14.4 Å². The Bertz CT molecular complexity index is 1680. The molecule has 2 aliphatic heterocycles. The number of anilines is 3. The minimum absolute atomic E-state index is 0.0614. The first-order chi connectivity index (χ1) is 22.9. The summed E-state index contributed by atoms with van der Waals surface area (Å²) in [5.74, 6) is 0.769. The van der Waals surface area contributed by atoms with Gasteiger partial charge in [0, 0.05) is 25.1 Å². The summed E-state index contributed by atoms with van der Waals surface area (Å²) in [4.78, 5) is 51.2. The molecule has 3 heterocycles. The first-order valence-electron chi connectivity index (χ1n) is 15.8. The Kier molecular flexibility index (Phi) is 10.8. The van der Waals surface area contributed by atoms with Crippen LogP contribution in [0.2, 0.25) is 5.02 Å². The van der Waals surface area contributed by atoms with Crippen LogP contribution in [0.4, 0.5) is 17.2 Å². The van der Waals surface area contributed by atoms with Crippen molar-refractivity contribution in [2.45, 2.75) is 58.7 Å². The van der Waals surface area contributed by atoms with Crippen molar-refractivity contribution in [1.29, 1.82) is 0 Å². The van der Waals surface area contributed by atoms with E-state index in [1.807, 2.05) is 20.8 Å². The fourth-order valence-electron chi connectivity index (χ4n) is 5.55. The van der Waals surface area contributed by atoms with E-state index in [4.69, 9.17) is 30.5 Å². The van der Waals surface area contributed by atoms with Crippen molar-refractivity contribution in [2.75, 3.05) is 51.3 Å². The highest BCUT2D eigenvalue weighted by Crippen LogP contribution is 2.45. The zero-order valence-electron chi connectivity index (χ0n) is 27.9. The highest BCUT2D eigenvalue weighted by molar-refractivity contribution is 6.34. The second-order valence-corrected chi connectivity index (χ2v) is 13.1. The SMILES string of the molecule is CN[C@@H](C)C(=O)N[C@H](C(=O)N1CCCC1C(=O)Nc1cc2c(Nc3c(Cl)ccc4c3OCO4)ncnc2cc1OCCOC)C(C)(C)C. The van der Waals surface area contributed by atoms with Crippen LogP contribution < -0.4 is 35.5 Å². The fraction of sp³-hybridized carbons (Fsp3) is 0.485. The molecule has 3 aromatic rings. The second-order valence-electron chi connectivity index (χ2n) is 12.7. The molecule has 4 N–H and O–H groups in total. The van der Waals surface area contributed by atoms with Crippen molar-refractivity contribution in [1.82, 2.24) is 25.5 Å². The molecule has 1 aromatic heterocycles. The number of likely N-dealkylation sites (N-methyl/N-ethyl adjacent to an activating group) is 1. The number of nitrogens with one attached hydrogen (secondary N) is 4. The predicted molar refractivity (Wildman–Crippen MR) is 181 cm³/mol. The summed E-state index contributed by atoms with van der Waals surface area (Å²) in [5, 5.41) is 13.0. The average Bonchev–Trinajstić information content (AvgIpc) is 3.75. The van der Waals surface area contributed by atoms with Crippen LogP contribution in [0.1, 0.15) is 40.5 Å². The molecule has 3 amide bonds. The number of rotatable bonds is 12. The number of amides is 3. The zero-order chi connectivity index (χ0) is 34.6. The molecule has 2 aliphatic rings. The number of aromatic nitrogens is 2. The first kappa shape index (κ1) is 34.9. The van der Waals surface area contributed by atoms with Crippen LogP contribution in [0.25, 0.3) is 10.9 Å². The number of halogens is 1. The van der Waals surface area contributed by atoms with Gasteiger partial charge in [-0.05, 0) is 50.4 Å². The molecule has 14 nitrogen and oxygen atoms in total. The highest BCUT2D eigenvalue weighted by Gasteiger charge is 2.42. The molecule has 0 aliphatic carbocycles. The molecule has 15 heteroatoms. The molecule has 48 heavy (non-hydrogen) atoms. The van der Waals surface area contributed by atoms with Gasteiger partial charge in [0.15, 0.2) is 11.5 Å². The van der Waals surface area contributed by atoms with E-state index in [0.717, 1.165) is 0 Å². The quantitative estimate of drug-likeness (QED) is 0.205. The number of fused-ring (bicyclic) bond motifs is 2. The Morgan fingerprint density at radius 2 is 1.94 bits per heavy atom. The Balaban J connectivity index is 1.45. The monoisotopic (exact) mass is 683 g/mol. The molecule has 3 atom stereocenters. The van der Waals surface area contributed by atoms with Gasteiger partial charge in [0.1, 0.15) is 42.3 Å². The van der Waals surface area contributed by atoms with Crippen LogP contribution in [0, 0.1) is 5.41 Å². The van der Waals surface area contributed by atoms with E-state index < -0.39 is 23.5 Å². The van der Waals surface area contributed by atoms with Crippen molar-refractivity contribution in [3.05, 3.63) is 35.6 Å². The molecule has 2 aromatic carbocycles. The summed E-state index contributed by atoms with van der Waals surface area (Å²) < 4.78 is 22.3. The lowest BCUT2D eigenvalue weighted by Crippen LogP contribution is -2.59. The first-order valence-corrected chi connectivity index (χ1v) is 16.1. The van der Waals surface area contributed by atoms with Crippen molar-refractivity contribution in [3.63, 3.8) is 0 Å². The average molecular weight is 684 g/mol. The van der Waals surface area contributed by atoms with Gasteiger partial charge in [0.25, 0.3) is 0 Å². The number of methoxy groups -OCH3 is 1. The molecular formula is C33H42ClN7O7. The summed E-state index contributed by atoms with van der Waals surface area (Å²) in [6.45, 7) is 8.34. The molecule has 0 saturated carbocycles. The van der Waals surface area contributed by atoms with E-state index in [1.54, 1.807) is 50.2 Å². The maximum absolute atomic E-state index is 14.0. The summed E-state index contributed by atoms with van der Waals surface area (Å²) in [7, 11) is 3.24. The third-order valence-corrected chi connectivity index (χ3v) is 8.65. The van der Waals surface area contributed by atoms with Crippen LogP contribution in [-0.2, 0) is 19.1 Å². The van der Waals surface area contributed by atoms with Gasteiger partial charge in [-0.25, -0.2) is 9.97 Å². The number of benzene rings is 2. The maximum Gasteiger partial charge on any atom is 0.247 e. The van der Waals surface area contributed by atoms with E-state index in [-0.39, 0.29) is 31.1 Å². The van der Waals surface area contributed by atoms with Crippen LogP contribution in [0.3, 0.4) is 0 Å². The maximum atomic E-state index is 14.0. The third kappa shape index (κ3) is 7.50. The normalized spacial score (nSPS) is 16.8. The van der Waals surface area contributed by atoms with Crippen molar-refractivity contribution in [2.24, 2.45) is 5.41 Å². The Hall–Kier alpha value is -4.40. The summed E-state index contributed by atoms with van der Waals surface area (Å²) in [6, 6.07) is 4.74. The Morgan fingerprint density at radius 1 is 1.15 bits per heavy atom. The van der Waals surface area contributed by atoms with Crippen molar-refractivity contribution in [3.8, 4) is 17.2 Å². The Morgan fingerprint density at radius 3 is 2.67 bits per heavy atom. The minimum Gasteiger partial charge on any atom is -0.489 e. The molecule has 0 bridgehead atoms. The number of likely N-dealkylation sites (tertiary alicyclic amines) is 1. The molecular weight excluding hydrogens is 642 g/mol. The van der Waals surface area contributed by atoms with Crippen LogP contribution >= 0.6 is 11.6 Å². The topological polar surface area (TPSA) is 165 Å². The summed E-state index contributed by atoms with van der Waals surface area (Å²) in [6.07, 6.45) is 2.49. The summed E-state index contributed by atoms with van der Waals surface area (Å²) in [5.41, 5.74) is 0.763. The molecule has 1 unspecified atom stereocenters. The number of nitrogens with zero attached hydrogens (tertiary/aromatic N) is 3. The molecule has 5 rings (SSSR count). The largest absolute Gasteiger partial charge is 0.489 e. The van der Waals surface area contributed by atoms with Gasteiger partial charge in [-0.15, -0.1) is 0 Å². The predicted octanol–water partition coefficient (Wildman–Crippen LogP) is 3.85. The van der Waals surface area contributed by atoms with Gasteiger partial charge in [-0.1, -0.05) is 32.4 Å². The van der Waals surface area contributed by atoms with Gasteiger partial charge in [0.05, 0.1) is 28.9 Å². The molecule has 1 fully saturated rings. The van der Waals surface area contributed by atoms with E-state index in [0.29, 0.717) is 76.4 Å². The van der Waals surface area contributed by atoms with Crippen molar-refractivity contribution < 1.29 is 33.3 Å². The zero-order valence-corrected chi connectivity index (χ0v) is 28.7. The van der Waals surface area contributed by atoms with E-state index >= 15 is 0 Å². The van der Waals surface area contributed by atoms with E-state index in [1.165, 1.54) is 6.33 Å². The van der Waals surface area contributed by atoms with Gasteiger partial charge in [-0.2, -0.15) is 0 Å².